The Morgan fingerprint density at radius 2 is 2.05 bits per heavy atom. The largest absolute Gasteiger partial charge is 0.340 e. The highest BCUT2D eigenvalue weighted by atomic mass is 35.5. The SMILES string of the molecule is Clc1cc(C2CCCC2)nn1-c1ncnc2nc[nH]c12. The summed E-state index contributed by atoms with van der Waals surface area (Å²) in [5.74, 6) is 1.16. The highest BCUT2D eigenvalue weighted by molar-refractivity contribution is 6.29. The van der Waals surface area contributed by atoms with Crippen LogP contribution in [-0.4, -0.2) is 29.7 Å². The van der Waals surface area contributed by atoms with Gasteiger partial charge < -0.3 is 4.98 Å². The van der Waals surface area contributed by atoms with Crippen LogP contribution in [0.1, 0.15) is 37.3 Å². The molecule has 0 aliphatic heterocycles. The van der Waals surface area contributed by atoms with Crippen LogP contribution >= 0.6 is 11.6 Å². The first kappa shape index (κ1) is 11.8. The van der Waals surface area contributed by atoms with Crippen molar-refractivity contribution in [3.05, 3.63) is 29.6 Å². The highest BCUT2D eigenvalue weighted by Crippen LogP contribution is 2.35. The molecule has 102 valence electrons. The van der Waals surface area contributed by atoms with Gasteiger partial charge in [-0.1, -0.05) is 24.4 Å². The minimum absolute atomic E-state index is 0.521. The normalized spacial score (nSPS) is 16.2. The van der Waals surface area contributed by atoms with Gasteiger partial charge in [-0.15, -0.1) is 0 Å². The van der Waals surface area contributed by atoms with E-state index in [0.29, 0.717) is 22.5 Å². The first-order valence-corrected chi connectivity index (χ1v) is 7.10. The Morgan fingerprint density at radius 1 is 1.20 bits per heavy atom. The molecular formula is C13H13ClN6. The van der Waals surface area contributed by atoms with Crippen molar-refractivity contribution in [2.24, 2.45) is 0 Å². The van der Waals surface area contributed by atoms with Crippen molar-refractivity contribution in [1.29, 1.82) is 0 Å². The minimum atomic E-state index is 0.521. The third-order valence-corrected chi connectivity index (χ3v) is 4.13. The van der Waals surface area contributed by atoms with Gasteiger partial charge >= 0.3 is 0 Å². The second kappa shape index (κ2) is 4.56. The maximum Gasteiger partial charge on any atom is 0.184 e. The van der Waals surface area contributed by atoms with Crippen molar-refractivity contribution < 1.29 is 0 Å². The van der Waals surface area contributed by atoms with Gasteiger partial charge in [-0.3, -0.25) is 0 Å². The van der Waals surface area contributed by atoms with Crippen LogP contribution in [0.15, 0.2) is 18.7 Å². The van der Waals surface area contributed by atoms with E-state index in [0.717, 1.165) is 11.2 Å². The van der Waals surface area contributed by atoms with Crippen LogP contribution in [-0.2, 0) is 0 Å². The molecule has 0 radical (unpaired) electrons. The number of H-pyrrole nitrogens is 1. The highest BCUT2D eigenvalue weighted by Gasteiger charge is 2.22. The molecule has 0 bridgehead atoms. The molecule has 0 amide bonds. The summed E-state index contributed by atoms with van der Waals surface area (Å²) in [6.45, 7) is 0. The van der Waals surface area contributed by atoms with Gasteiger partial charge in [0.25, 0.3) is 0 Å². The lowest BCUT2D eigenvalue weighted by Gasteiger charge is -2.04. The van der Waals surface area contributed by atoms with E-state index < -0.39 is 0 Å². The Kier molecular flexibility index (Phi) is 2.70. The fourth-order valence-electron chi connectivity index (χ4n) is 2.86. The first-order chi connectivity index (χ1) is 9.83. The molecule has 0 unspecified atom stereocenters. The summed E-state index contributed by atoms with van der Waals surface area (Å²) in [5.41, 5.74) is 2.42. The van der Waals surface area contributed by atoms with Crippen molar-refractivity contribution in [2.75, 3.05) is 0 Å². The van der Waals surface area contributed by atoms with E-state index in [4.69, 9.17) is 11.6 Å². The van der Waals surface area contributed by atoms with E-state index in [1.165, 1.54) is 32.0 Å². The second-order valence-corrected chi connectivity index (χ2v) is 5.47. The fourth-order valence-corrected chi connectivity index (χ4v) is 3.09. The van der Waals surface area contributed by atoms with Gasteiger partial charge in [0.1, 0.15) is 17.0 Å². The predicted molar refractivity (Wildman–Crippen MR) is 75.0 cm³/mol. The molecule has 1 saturated carbocycles. The number of aromatic amines is 1. The lowest BCUT2D eigenvalue weighted by molar-refractivity contribution is 0.676. The van der Waals surface area contributed by atoms with Gasteiger partial charge in [-0.05, 0) is 18.9 Å². The van der Waals surface area contributed by atoms with E-state index in [1.807, 2.05) is 6.07 Å². The molecule has 0 aromatic carbocycles. The van der Waals surface area contributed by atoms with Gasteiger partial charge in [0.2, 0.25) is 0 Å². The van der Waals surface area contributed by atoms with Crippen molar-refractivity contribution in [1.82, 2.24) is 29.7 Å². The molecule has 3 heterocycles. The summed E-state index contributed by atoms with van der Waals surface area (Å²) in [4.78, 5) is 15.6. The quantitative estimate of drug-likeness (QED) is 0.787. The van der Waals surface area contributed by atoms with Crippen molar-refractivity contribution in [3.63, 3.8) is 0 Å². The lowest BCUT2D eigenvalue weighted by Crippen LogP contribution is -2.03. The summed E-state index contributed by atoms with van der Waals surface area (Å²) < 4.78 is 1.66. The summed E-state index contributed by atoms with van der Waals surface area (Å²) >= 11 is 6.33. The van der Waals surface area contributed by atoms with Crippen LogP contribution < -0.4 is 0 Å². The Bertz CT molecular complexity index is 755. The smallest absolute Gasteiger partial charge is 0.184 e. The maximum absolute atomic E-state index is 6.33. The molecule has 3 aromatic heterocycles. The molecule has 1 aliphatic carbocycles. The predicted octanol–water partition coefficient (Wildman–Crippen LogP) is 2.85. The van der Waals surface area contributed by atoms with E-state index >= 15 is 0 Å². The molecule has 1 fully saturated rings. The third-order valence-electron chi connectivity index (χ3n) is 3.86. The molecule has 0 atom stereocenters. The average molecular weight is 289 g/mol. The monoisotopic (exact) mass is 288 g/mol. The Balaban J connectivity index is 1.83. The zero-order chi connectivity index (χ0) is 13.5. The number of nitrogens with one attached hydrogen (secondary N) is 1. The van der Waals surface area contributed by atoms with Gasteiger partial charge in [0.05, 0.1) is 12.0 Å². The maximum atomic E-state index is 6.33. The zero-order valence-corrected chi connectivity index (χ0v) is 11.5. The van der Waals surface area contributed by atoms with E-state index in [2.05, 4.69) is 25.0 Å². The molecule has 6 nitrogen and oxygen atoms in total. The Hall–Kier alpha value is -1.95. The second-order valence-electron chi connectivity index (χ2n) is 5.08. The van der Waals surface area contributed by atoms with Crippen molar-refractivity contribution in [2.45, 2.75) is 31.6 Å². The van der Waals surface area contributed by atoms with Crippen LogP contribution in [0.25, 0.3) is 17.0 Å². The number of aromatic nitrogens is 6. The van der Waals surface area contributed by atoms with Crippen LogP contribution in [0.3, 0.4) is 0 Å². The average Bonchev–Trinajstić information content (AvgIpc) is 3.18. The molecule has 1 N–H and O–H groups in total. The summed E-state index contributed by atoms with van der Waals surface area (Å²) in [6, 6.07) is 1.95. The number of nitrogens with zero attached hydrogens (tertiary/aromatic N) is 5. The van der Waals surface area contributed by atoms with Gasteiger partial charge in [0.15, 0.2) is 11.5 Å². The summed E-state index contributed by atoms with van der Waals surface area (Å²) in [6.07, 6.45) is 8.00. The zero-order valence-electron chi connectivity index (χ0n) is 10.8. The number of rotatable bonds is 2. The van der Waals surface area contributed by atoms with Crippen molar-refractivity contribution in [3.8, 4) is 5.82 Å². The number of hydrogen-bond acceptors (Lipinski definition) is 4. The Labute approximate surface area is 120 Å². The first-order valence-electron chi connectivity index (χ1n) is 6.73. The van der Waals surface area contributed by atoms with Crippen LogP contribution in [0.4, 0.5) is 0 Å². The third kappa shape index (κ3) is 1.79. The fraction of sp³-hybridized carbons (Fsp3) is 0.385. The molecule has 3 aromatic rings. The molecular weight excluding hydrogens is 276 g/mol. The van der Waals surface area contributed by atoms with E-state index in [-0.39, 0.29) is 0 Å². The van der Waals surface area contributed by atoms with E-state index in [9.17, 15) is 0 Å². The summed E-state index contributed by atoms with van der Waals surface area (Å²) in [5, 5.41) is 5.21. The van der Waals surface area contributed by atoms with Gasteiger partial charge in [-0.2, -0.15) is 5.10 Å². The minimum Gasteiger partial charge on any atom is -0.340 e. The molecule has 20 heavy (non-hydrogen) atoms. The molecule has 7 heteroatoms. The Morgan fingerprint density at radius 3 is 2.90 bits per heavy atom. The van der Waals surface area contributed by atoms with E-state index in [1.54, 1.807) is 11.0 Å². The number of fused-ring (bicyclic) bond motifs is 1. The molecule has 0 saturated heterocycles. The number of hydrogen-bond donors (Lipinski definition) is 1. The number of halogens is 1. The van der Waals surface area contributed by atoms with Gasteiger partial charge in [0, 0.05) is 5.92 Å². The molecule has 1 aliphatic rings. The lowest BCUT2D eigenvalue weighted by atomic mass is 10.1. The van der Waals surface area contributed by atoms with Crippen molar-refractivity contribution >= 4 is 22.8 Å². The van der Waals surface area contributed by atoms with Crippen LogP contribution in [0.2, 0.25) is 5.15 Å². The molecule has 0 spiro atoms. The van der Waals surface area contributed by atoms with Crippen LogP contribution in [0.5, 0.6) is 0 Å². The molecule has 4 rings (SSSR count). The van der Waals surface area contributed by atoms with Crippen LogP contribution in [0, 0.1) is 0 Å². The standard InChI is InChI=1S/C13H13ClN6/c14-10-5-9(8-3-1-2-4-8)19-20(10)13-11-12(16-6-15-11)17-7-18-13/h5-8H,1-4H2,(H,15,16,17,18). The summed E-state index contributed by atoms with van der Waals surface area (Å²) in [7, 11) is 0. The number of imidazole rings is 1. The van der Waals surface area contributed by atoms with Gasteiger partial charge in [-0.25, -0.2) is 19.6 Å². The topological polar surface area (TPSA) is 72.3 Å².